The fraction of sp³-hybridized carbons (Fsp3) is 0.190. The van der Waals surface area contributed by atoms with Crippen LogP contribution in [0.1, 0.15) is 16.9 Å². The number of ether oxygens (including phenoxy) is 2. The number of rotatable bonds is 7. The van der Waals surface area contributed by atoms with Crippen LogP contribution in [-0.2, 0) is 6.54 Å². The molecule has 3 rings (SSSR count). The minimum Gasteiger partial charge on any atom is -0.493 e. The molecule has 0 radical (unpaired) electrons. The van der Waals surface area contributed by atoms with Gasteiger partial charge >= 0.3 is 0 Å². The van der Waals surface area contributed by atoms with E-state index in [1.54, 1.807) is 20.4 Å². The van der Waals surface area contributed by atoms with Gasteiger partial charge in [-0.1, -0.05) is 29.8 Å². The van der Waals surface area contributed by atoms with E-state index < -0.39 is 0 Å². The van der Waals surface area contributed by atoms with Crippen LogP contribution in [0.25, 0.3) is 11.3 Å². The Balaban J connectivity index is 1.61. The Morgan fingerprint density at radius 2 is 1.85 bits per heavy atom. The number of halogens is 1. The Hall–Kier alpha value is -2.92. The molecule has 0 unspecified atom stereocenters. The van der Waals surface area contributed by atoms with Gasteiger partial charge in [-0.15, -0.1) is 0 Å². The maximum Gasteiger partial charge on any atom is 0.161 e. The van der Waals surface area contributed by atoms with Crippen molar-refractivity contribution in [2.24, 2.45) is 5.10 Å². The highest BCUT2D eigenvalue weighted by atomic mass is 35.5. The van der Waals surface area contributed by atoms with E-state index in [9.17, 15) is 0 Å². The highest BCUT2D eigenvalue weighted by Gasteiger charge is 2.06. The molecule has 1 heterocycles. The Morgan fingerprint density at radius 1 is 1.04 bits per heavy atom. The monoisotopic (exact) mass is 384 g/mol. The van der Waals surface area contributed by atoms with Gasteiger partial charge in [-0.05, 0) is 48.4 Å². The molecule has 0 spiro atoms. The summed E-state index contributed by atoms with van der Waals surface area (Å²) in [4.78, 5) is 0. The molecule has 140 valence electrons. The summed E-state index contributed by atoms with van der Waals surface area (Å²) in [5.74, 6) is 2.79. The van der Waals surface area contributed by atoms with Gasteiger partial charge in [0.25, 0.3) is 0 Å². The molecule has 3 aromatic rings. The van der Waals surface area contributed by atoms with Crippen molar-refractivity contribution < 1.29 is 13.9 Å². The van der Waals surface area contributed by atoms with Crippen LogP contribution in [0, 0.1) is 6.92 Å². The fourth-order valence-electron chi connectivity index (χ4n) is 2.56. The van der Waals surface area contributed by atoms with E-state index in [0.717, 1.165) is 27.5 Å². The first kappa shape index (κ1) is 18.9. The Kier molecular flexibility index (Phi) is 6.04. The average molecular weight is 385 g/mol. The first-order valence-electron chi connectivity index (χ1n) is 8.44. The quantitative estimate of drug-likeness (QED) is 0.457. The SMILES string of the molecule is COc1ccc(CN/N=C/c2ccc(-c3ccc(C)c(Cl)c3)o2)cc1OC. The number of furan rings is 1. The summed E-state index contributed by atoms with van der Waals surface area (Å²) in [6, 6.07) is 15.3. The molecule has 0 aliphatic heterocycles. The van der Waals surface area contributed by atoms with Crippen molar-refractivity contribution in [3.63, 3.8) is 0 Å². The van der Waals surface area contributed by atoms with Crippen molar-refractivity contribution in [3.05, 3.63) is 70.4 Å². The lowest BCUT2D eigenvalue weighted by Gasteiger charge is -2.09. The topological polar surface area (TPSA) is 56.0 Å². The van der Waals surface area contributed by atoms with E-state index in [1.165, 1.54) is 0 Å². The van der Waals surface area contributed by atoms with Crippen LogP contribution in [0.2, 0.25) is 5.02 Å². The van der Waals surface area contributed by atoms with Gasteiger partial charge in [0.1, 0.15) is 11.5 Å². The Morgan fingerprint density at radius 3 is 2.59 bits per heavy atom. The summed E-state index contributed by atoms with van der Waals surface area (Å²) in [6.45, 7) is 2.52. The molecule has 6 heteroatoms. The van der Waals surface area contributed by atoms with Gasteiger partial charge in [0.15, 0.2) is 11.5 Å². The van der Waals surface area contributed by atoms with Crippen molar-refractivity contribution in [2.45, 2.75) is 13.5 Å². The van der Waals surface area contributed by atoms with Gasteiger partial charge in [0.2, 0.25) is 0 Å². The van der Waals surface area contributed by atoms with Gasteiger partial charge in [0, 0.05) is 10.6 Å². The second-order valence-electron chi connectivity index (χ2n) is 5.95. The number of hydrogen-bond acceptors (Lipinski definition) is 5. The van der Waals surface area contributed by atoms with Crippen LogP contribution < -0.4 is 14.9 Å². The summed E-state index contributed by atoms with van der Waals surface area (Å²) in [6.07, 6.45) is 1.64. The molecule has 0 amide bonds. The minimum atomic E-state index is 0.554. The second kappa shape index (κ2) is 8.64. The zero-order chi connectivity index (χ0) is 19.2. The zero-order valence-electron chi connectivity index (χ0n) is 15.5. The lowest BCUT2D eigenvalue weighted by Crippen LogP contribution is -2.05. The number of methoxy groups -OCH3 is 2. The van der Waals surface area contributed by atoms with E-state index in [0.29, 0.717) is 23.8 Å². The maximum absolute atomic E-state index is 6.18. The fourth-order valence-corrected chi connectivity index (χ4v) is 2.74. The van der Waals surface area contributed by atoms with Crippen molar-refractivity contribution in [1.29, 1.82) is 0 Å². The number of nitrogens with one attached hydrogen (secondary N) is 1. The van der Waals surface area contributed by atoms with Gasteiger partial charge in [-0.25, -0.2) is 0 Å². The maximum atomic E-state index is 6.18. The summed E-state index contributed by atoms with van der Waals surface area (Å²) in [5, 5.41) is 4.93. The van der Waals surface area contributed by atoms with E-state index in [4.69, 9.17) is 25.5 Å². The van der Waals surface area contributed by atoms with Crippen molar-refractivity contribution in [3.8, 4) is 22.8 Å². The van der Waals surface area contributed by atoms with Crippen LogP contribution in [0.5, 0.6) is 11.5 Å². The molecule has 0 atom stereocenters. The molecule has 0 bridgehead atoms. The zero-order valence-corrected chi connectivity index (χ0v) is 16.2. The van der Waals surface area contributed by atoms with Crippen LogP contribution >= 0.6 is 11.6 Å². The molecule has 0 fully saturated rings. The number of nitrogens with zero attached hydrogens (tertiary/aromatic N) is 1. The van der Waals surface area contributed by atoms with Crippen LogP contribution in [0.3, 0.4) is 0 Å². The predicted octanol–water partition coefficient (Wildman–Crippen LogP) is 5.05. The molecule has 5 nitrogen and oxygen atoms in total. The van der Waals surface area contributed by atoms with Gasteiger partial charge in [0.05, 0.1) is 27.0 Å². The van der Waals surface area contributed by atoms with Crippen LogP contribution in [0.4, 0.5) is 0 Å². The van der Waals surface area contributed by atoms with Gasteiger partial charge in [-0.2, -0.15) is 5.10 Å². The van der Waals surface area contributed by atoms with Gasteiger partial charge in [-0.3, -0.25) is 0 Å². The largest absolute Gasteiger partial charge is 0.493 e. The lowest BCUT2D eigenvalue weighted by molar-refractivity contribution is 0.354. The number of benzene rings is 2. The van der Waals surface area contributed by atoms with Crippen LogP contribution in [0.15, 0.2) is 58.0 Å². The van der Waals surface area contributed by atoms with Crippen molar-refractivity contribution >= 4 is 17.8 Å². The minimum absolute atomic E-state index is 0.554. The number of aryl methyl sites for hydroxylation is 1. The van der Waals surface area contributed by atoms with Crippen molar-refractivity contribution in [1.82, 2.24) is 5.43 Å². The summed E-state index contributed by atoms with van der Waals surface area (Å²) >= 11 is 6.18. The number of hydrazone groups is 1. The van der Waals surface area contributed by atoms with E-state index in [-0.39, 0.29) is 0 Å². The van der Waals surface area contributed by atoms with E-state index in [1.807, 2.05) is 55.5 Å². The molecule has 2 aromatic carbocycles. The molecule has 1 aromatic heterocycles. The molecular weight excluding hydrogens is 364 g/mol. The standard InChI is InChI=1S/C21H21ClN2O3/c1-14-4-6-16(11-18(14)22)19-9-7-17(27-19)13-24-23-12-15-5-8-20(25-2)21(10-15)26-3/h4-11,13,23H,12H2,1-3H3/b24-13+. The third-order valence-corrected chi connectivity index (χ3v) is 4.50. The molecular formula is C21H21ClN2O3. The first-order valence-corrected chi connectivity index (χ1v) is 8.81. The highest BCUT2D eigenvalue weighted by Crippen LogP contribution is 2.28. The average Bonchev–Trinajstić information content (AvgIpc) is 3.16. The third-order valence-electron chi connectivity index (χ3n) is 4.10. The Labute approximate surface area is 163 Å². The van der Waals surface area contributed by atoms with Crippen LogP contribution in [-0.4, -0.2) is 20.4 Å². The smallest absolute Gasteiger partial charge is 0.161 e. The molecule has 1 N–H and O–H groups in total. The third kappa shape index (κ3) is 4.63. The molecule has 0 saturated carbocycles. The second-order valence-corrected chi connectivity index (χ2v) is 6.36. The molecule has 0 aliphatic rings. The number of hydrogen-bond donors (Lipinski definition) is 1. The summed E-state index contributed by atoms with van der Waals surface area (Å²) in [7, 11) is 3.23. The summed E-state index contributed by atoms with van der Waals surface area (Å²) < 4.78 is 16.3. The van der Waals surface area contributed by atoms with Gasteiger partial charge < -0.3 is 19.3 Å². The predicted molar refractivity (Wildman–Crippen MR) is 108 cm³/mol. The first-order chi connectivity index (χ1) is 13.1. The normalized spacial score (nSPS) is 11.0. The van der Waals surface area contributed by atoms with E-state index in [2.05, 4.69) is 10.5 Å². The summed E-state index contributed by atoms with van der Waals surface area (Å²) in [5.41, 5.74) is 5.99. The van der Waals surface area contributed by atoms with E-state index >= 15 is 0 Å². The molecule has 0 aliphatic carbocycles. The lowest BCUT2D eigenvalue weighted by atomic mass is 10.1. The molecule has 0 saturated heterocycles. The molecule has 27 heavy (non-hydrogen) atoms. The Bertz CT molecular complexity index is 950. The highest BCUT2D eigenvalue weighted by molar-refractivity contribution is 6.31. The van der Waals surface area contributed by atoms with Crippen molar-refractivity contribution in [2.75, 3.05) is 14.2 Å².